The largest absolute Gasteiger partial charge is 0.495 e. The van der Waals surface area contributed by atoms with E-state index in [2.05, 4.69) is 37.5 Å². The number of pyridine rings is 2. The third-order valence-electron chi connectivity index (χ3n) is 10.0. The standard InChI is InChI=1S/C43H45BrN4O6S/c1-29-8-5-10-34(22-29)41(49)43(44)18-7-12-38(30(2)15-19-43)54-37-25-36(26-46-27-37)47-55(51,52)40-24-33(13-14-39(40)53-4)32-9-6-11-35(23-32)42(50)48(3)28-31-16-20-45-21-17-31/h5-6,8-11,13-14,16-17,20-27,30,38,47H,7,12,15,18-19,28H2,1-4H3. The van der Waals surface area contributed by atoms with Crippen LogP contribution in [0.15, 0.2) is 115 Å². The van der Waals surface area contributed by atoms with E-state index in [1.807, 2.05) is 49.4 Å². The summed E-state index contributed by atoms with van der Waals surface area (Å²) in [5.41, 5.74) is 4.69. The van der Waals surface area contributed by atoms with Crippen molar-refractivity contribution in [2.45, 2.75) is 67.8 Å². The van der Waals surface area contributed by atoms with Gasteiger partial charge < -0.3 is 14.4 Å². The van der Waals surface area contributed by atoms with Crippen LogP contribution in [-0.4, -0.2) is 59.6 Å². The summed E-state index contributed by atoms with van der Waals surface area (Å²) in [4.78, 5) is 36.7. The van der Waals surface area contributed by atoms with Crippen LogP contribution in [-0.2, 0) is 16.6 Å². The van der Waals surface area contributed by atoms with Crippen LogP contribution in [0.2, 0.25) is 0 Å². The molecule has 1 N–H and O–H groups in total. The zero-order chi connectivity index (χ0) is 39.2. The van der Waals surface area contributed by atoms with Crippen molar-refractivity contribution in [3.8, 4) is 22.6 Å². The van der Waals surface area contributed by atoms with Crippen molar-refractivity contribution < 1.29 is 27.5 Å². The molecular formula is C43H45BrN4O6S. The lowest BCUT2D eigenvalue weighted by Crippen LogP contribution is -2.37. The number of rotatable bonds is 12. The first-order valence-corrected chi connectivity index (χ1v) is 20.5. The van der Waals surface area contributed by atoms with Crippen LogP contribution in [0, 0.1) is 12.8 Å². The predicted molar refractivity (Wildman–Crippen MR) is 217 cm³/mol. The van der Waals surface area contributed by atoms with Gasteiger partial charge in [-0.25, -0.2) is 8.42 Å². The Kier molecular flexibility index (Phi) is 12.4. The average Bonchev–Trinajstić information content (AvgIpc) is 3.18. The minimum absolute atomic E-state index is 0.0718. The molecule has 1 aliphatic carbocycles. The van der Waals surface area contributed by atoms with E-state index < -0.39 is 14.3 Å². The van der Waals surface area contributed by atoms with Crippen LogP contribution in [0.4, 0.5) is 5.69 Å². The molecule has 1 saturated carbocycles. The number of nitrogens with one attached hydrogen (secondary N) is 1. The molecule has 0 aliphatic heterocycles. The summed E-state index contributed by atoms with van der Waals surface area (Å²) >= 11 is 3.84. The topological polar surface area (TPSA) is 128 Å². The molecule has 1 amide bonds. The number of anilines is 1. The molecule has 10 nitrogen and oxygen atoms in total. The molecule has 0 bridgehead atoms. The molecule has 0 radical (unpaired) electrons. The number of alkyl halides is 1. The Morgan fingerprint density at radius 2 is 1.65 bits per heavy atom. The van der Waals surface area contributed by atoms with Gasteiger partial charge in [-0.2, -0.15) is 0 Å². The molecule has 0 spiro atoms. The second kappa shape index (κ2) is 17.2. The minimum atomic E-state index is -4.17. The van der Waals surface area contributed by atoms with Crippen molar-refractivity contribution in [2.75, 3.05) is 18.9 Å². The van der Waals surface area contributed by atoms with Crippen LogP contribution < -0.4 is 14.2 Å². The first kappa shape index (κ1) is 39.6. The summed E-state index contributed by atoms with van der Waals surface area (Å²) in [5, 5.41) is 0. The van der Waals surface area contributed by atoms with E-state index in [0.29, 0.717) is 41.8 Å². The molecule has 3 unspecified atom stereocenters. The molecule has 286 valence electrons. The number of halogens is 1. The minimum Gasteiger partial charge on any atom is -0.495 e. The van der Waals surface area contributed by atoms with Crippen LogP contribution >= 0.6 is 15.9 Å². The molecule has 1 aliphatic rings. The number of hydrogen-bond acceptors (Lipinski definition) is 8. The normalized spacial score (nSPS) is 18.7. The Hall–Kier alpha value is -5.07. The van der Waals surface area contributed by atoms with Gasteiger partial charge in [0.2, 0.25) is 0 Å². The number of sulfonamides is 1. The molecule has 5 aromatic rings. The van der Waals surface area contributed by atoms with Crippen LogP contribution in [0.5, 0.6) is 11.5 Å². The number of nitrogens with zero attached hydrogens (tertiary/aromatic N) is 3. The summed E-state index contributed by atoms with van der Waals surface area (Å²) in [6, 6.07) is 25.0. The van der Waals surface area contributed by atoms with E-state index >= 15 is 0 Å². The van der Waals surface area contributed by atoms with Gasteiger partial charge in [0.25, 0.3) is 15.9 Å². The van der Waals surface area contributed by atoms with Gasteiger partial charge in [-0.3, -0.25) is 24.3 Å². The number of hydrogen-bond donors (Lipinski definition) is 1. The lowest BCUT2D eigenvalue weighted by Gasteiger charge is -2.34. The number of Topliss-reactive ketones (excluding diaryl/α,β-unsaturated/α-hetero) is 1. The van der Waals surface area contributed by atoms with Gasteiger partial charge in [-0.15, -0.1) is 0 Å². The zero-order valence-corrected chi connectivity index (χ0v) is 33.8. The highest BCUT2D eigenvalue weighted by atomic mass is 79.9. The summed E-state index contributed by atoms with van der Waals surface area (Å²) in [6.45, 7) is 4.52. The van der Waals surface area contributed by atoms with Gasteiger partial charge in [0, 0.05) is 43.2 Å². The Balaban J connectivity index is 1.14. The van der Waals surface area contributed by atoms with Crippen LogP contribution in [0.3, 0.4) is 0 Å². The van der Waals surface area contributed by atoms with Crippen molar-refractivity contribution in [1.29, 1.82) is 0 Å². The van der Waals surface area contributed by atoms with Gasteiger partial charge in [-0.05, 0) is 104 Å². The average molecular weight is 826 g/mol. The predicted octanol–water partition coefficient (Wildman–Crippen LogP) is 8.90. The summed E-state index contributed by atoms with van der Waals surface area (Å²) in [7, 11) is -1.02. The maximum atomic E-state index is 13.9. The van der Waals surface area contributed by atoms with Crippen LogP contribution in [0.1, 0.15) is 70.9 Å². The van der Waals surface area contributed by atoms with Gasteiger partial charge >= 0.3 is 0 Å². The van der Waals surface area contributed by atoms with E-state index in [-0.39, 0.29) is 40.0 Å². The quantitative estimate of drug-likeness (QED) is 0.0977. The second-order valence-electron chi connectivity index (χ2n) is 14.2. The highest BCUT2D eigenvalue weighted by molar-refractivity contribution is 9.10. The number of carbonyl (C=O) groups is 2. The first-order chi connectivity index (χ1) is 26.3. The number of carbonyl (C=O) groups excluding carboxylic acids is 2. The van der Waals surface area contributed by atoms with E-state index in [1.54, 1.807) is 66.9 Å². The van der Waals surface area contributed by atoms with Crippen molar-refractivity contribution in [2.24, 2.45) is 5.92 Å². The molecule has 3 atom stereocenters. The van der Waals surface area contributed by atoms with Gasteiger partial charge in [0.15, 0.2) is 5.78 Å². The number of ketones is 1. The second-order valence-corrected chi connectivity index (χ2v) is 17.4. The smallest absolute Gasteiger partial charge is 0.265 e. The van der Waals surface area contributed by atoms with E-state index in [1.165, 1.54) is 19.4 Å². The van der Waals surface area contributed by atoms with Crippen molar-refractivity contribution >= 4 is 43.3 Å². The first-order valence-electron chi connectivity index (χ1n) is 18.2. The van der Waals surface area contributed by atoms with Crippen LogP contribution in [0.25, 0.3) is 11.1 Å². The molecule has 0 saturated heterocycles. The number of aromatic nitrogens is 2. The molecular weight excluding hydrogens is 780 g/mol. The Morgan fingerprint density at radius 3 is 2.42 bits per heavy atom. The maximum Gasteiger partial charge on any atom is 0.265 e. The number of aryl methyl sites for hydroxylation is 1. The molecule has 55 heavy (non-hydrogen) atoms. The molecule has 1 fully saturated rings. The third kappa shape index (κ3) is 9.60. The maximum absolute atomic E-state index is 13.9. The molecule has 2 heterocycles. The number of amides is 1. The Bertz CT molecular complexity index is 2270. The van der Waals surface area contributed by atoms with Crippen molar-refractivity contribution in [1.82, 2.24) is 14.9 Å². The van der Waals surface area contributed by atoms with Gasteiger partial charge in [-0.1, -0.05) is 64.8 Å². The number of benzene rings is 3. The summed E-state index contributed by atoms with van der Waals surface area (Å²) < 4.78 is 41.8. The third-order valence-corrected chi connectivity index (χ3v) is 12.6. The van der Waals surface area contributed by atoms with E-state index in [4.69, 9.17) is 9.47 Å². The van der Waals surface area contributed by atoms with E-state index in [9.17, 15) is 18.0 Å². The lowest BCUT2D eigenvalue weighted by molar-refractivity contribution is 0.0784. The summed E-state index contributed by atoms with van der Waals surface area (Å²) in [6.07, 6.45) is 9.84. The highest BCUT2D eigenvalue weighted by Crippen LogP contribution is 2.40. The van der Waals surface area contributed by atoms with Crippen molar-refractivity contribution in [3.63, 3.8) is 0 Å². The Morgan fingerprint density at radius 1 is 0.909 bits per heavy atom. The van der Waals surface area contributed by atoms with Gasteiger partial charge in [0.05, 0.1) is 29.5 Å². The fourth-order valence-corrected chi connectivity index (χ4v) is 8.93. The lowest BCUT2D eigenvalue weighted by atomic mass is 9.81. The monoisotopic (exact) mass is 824 g/mol. The molecule has 2 aromatic heterocycles. The van der Waals surface area contributed by atoms with Crippen molar-refractivity contribution in [3.05, 3.63) is 132 Å². The number of methoxy groups -OCH3 is 1. The van der Waals surface area contributed by atoms with E-state index in [0.717, 1.165) is 36.0 Å². The molecule has 6 rings (SSSR count). The Labute approximate surface area is 331 Å². The number of ether oxygens (including phenoxy) is 2. The molecule has 3 aromatic carbocycles. The fraction of sp³-hybridized carbons (Fsp3) is 0.302. The zero-order valence-electron chi connectivity index (χ0n) is 31.4. The summed E-state index contributed by atoms with van der Waals surface area (Å²) in [5.74, 6) is 0.668. The van der Waals surface area contributed by atoms with Gasteiger partial charge in [0.1, 0.15) is 22.5 Å². The molecule has 12 heteroatoms. The fourth-order valence-electron chi connectivity index (χ4n) is 6.96. The SMILES string of the molecule is COc1ccc(-c2cccc(C(=O)N(C)Cc3ccncc3)c2)cc1S(=O)(=O)Nc1cncc(OC2CCCC(Br)(C(=O)c3cccc(C)c3)CCC2C)c1. The highest BCUT2D eigenvalue weighted by Gasteiger charge is 2.38.